The number of aromatic carboxylic acids is 1. The molecule has 0 saturated carbocycles. The molecule has 1 spiro atoms. The van der Waals surface area contributed by atoms with E-state index in [0.717, 1.165) is 47.6 Å². The third-order valence-electron chi connectivity index (χ3n) is 6.40. The van der Waals surface area contributed by atoms with Gasteiger partial charge in [-0.3, -0.25) is 9.89 Å². The van der Waals surface area contributed by atoms with Crippen LogP contribution in [0, 0.1) is 0 Å². The van der Waals surface area contributed by atoms with Crippen LogP contribution in [0.25, 0.3) is 0 Å². The Labute approximate surface area is 172 Å². The molecular weight excluding hydrogens is 392 g/mol. The van der Waals surface area contributed by atoms with Gasteiger partial charge in [-0.05, 0) is 31.5 Å². The van der Waals surface area contributed by atoms with E-state index >= 15 is 0 Å². The second kappa shape index (κ2) is 6.93. The number of aromatic amines is 1. The van der Waals surface area contributed by atoms with E-state index in [9.17, 15) is 14.7 Å². The number of likely N-dealkylation sites (N-methyl/N-ethyl adjacent to an activating group) is 1. The molecule has 0 unspecified atom stereocenters. The van der Waals surface area contributed by atoms with Gasteiger partial charge in [0, 0.05) is 55.2 Å². The van der Waals surface area contributed by atoms with Gasteiger partial charge in [0.15, 0.2) is 5.69 Å². The van der Waals surface area contributed by atoms with Crippen molar-refractivity contribution in [2.45, 2.75) is 37.8 Å². The Morgan fingerprint density at radius 1 is 1.28 bits per heavy atom. The maximum absolute atomic E-state index is 13.2. The Bertz CT molecular complexity index is 973. The molecule has 0 atom stereocenters. The summed E-state index contributed by atoms with van der Waals surface area (Å²) in [4.78, 5) is 30.1. The zero-order chi connectivity index (χ0) is 20.2. The van der Waals surface area contributed by atoms with Crippen molar-refractivity contribution in [2.75, 3.05) is 33.3 Å². The van der Waals surface area contributed by atoms with Gasteiger partial charge in [0.05, 0.1) is 12.2 Å². The van der Waals surface area contributed by atoms with Crippen LogP contribution in [0.3, 0.4) is 0 Å². The average molecular weight is 417 g/mol. The van der Waals surface area contributed by atoms with E-state index < -0.39 is 11.6 Å². The van der Waals surface area contributed by atoms with Crippen LogP contribution in [0.15, 0.2) is 6.07 Å². The second-order valence-corrected chi connectivity index (χ2v) is 9.29. The fourth-order valence-corrected chi connectivity index (χ4v) is 5.83. The van der Waals surface area contributed by atoms with Crippen molar-refractivity contribution in [2.24, 2.45) is 0 Å². The highest BCUT2D eigenvalue weighted by molar-refractivity contribution is 7.14. The number of carboxylic acids is 1. The molecule has 0 radical (unpaired) electrons. The van der Waals surface area contributed by atoms with Gasteiger partial charge < -0.3 is 19.6 Å². The Kier molecular flexibility index (Phi) is 4.49. The van der Waals surface area contributed by atoms with Gasteiger partial charge >= 0.3 is 5.97 Å². The number of piperidine rings is 1. The highest BCUT2D eigenvalue weighted by Crippen LogP contribution is 2.44. The maximum atomic E-state index is 13.2. The van der Waals surface area contributed by atoms with Crippen LogP contribution in [0.2, 0.25) is 0 Å². The zero-order valence-corrected chi connectivity index (χ0v) is 17.2. The van der Waals surface area contributed by atoms with E-state index in [1.54, 1.807) is 6.07 Å². The van der Waals surface area contributed by atoms with E-state index in [0.29, 0.717) is 43.1 Å². The molecule has 8 nitrogen and oxygen atoms in total. The molecule has 5 rings (SSSR count). The Hall–Kier alpha value is -2.23. The Morgan fingerprint density at radius 3 is 2.83 bits per heavy atom. The predicted octanol–water partition coefficient (Wildman–Crippen LogP) is 1.86. The minimum atomic E-state index is -0.888. The number of carbonyl (C=O) groups excluding carboxylic acids is 1. The number of nitrogens with zero attached hydrogens (tertiary/aromatic N) is 3. The number of ether oxygens (including phenoxy) is 1. The summed E-state index contributed by atoms with van der Waals surface area (Å²) in [5, 5.41) is 16.7. The monoisotopic (exact) mass is 416 g/mol. The highest BCUT2D eigenvalue weighted by Gasteiger charge is 2.43. The van der Waals surface area contributed by atoms with Gasteiger partial charge in [0.25, 0.3) is 5.91 Å². The van der Waals surface area contributed by atoms with Crippen LogP contribution in [0.5, 0.6) is 0 Å². The lowest BCUT2D eigenvalue weighted by Gasteiger charge is -2.44. The molecule has 1 saturated heterocycles. The van der Waals surface area contributed by atoms with Crippen molar-refractivity contribution < 1.29 is 19.4 Å². The van der Waals surface area contributed by atoms with Crippen molar-refractivity contribution in [3.8, 4) is 0 Å². The molecule has 1 amide bonds. The number of carbonyl (C=O) groups is 2. The summed E-state index contributed by atoms with van der Waals surface area (Å²) >= 11 is 1.35. The molecule has 5 heterocycles. The predicted molar refractivity (Wildman–Crippen MR) is 106 cm³/mol. The topological polar surface area (TPSA) is 98.8 Å². The van der Waals surface area contributed by atoms with E-state index in [1.165, 1.54) is 11.3 Å². The first-order valence-electron chi connectivity index (χ1n) is 10.0. The van der Waals surface area contributed by atoms with E-state index in [4.69, 9.17) is 4.74 Å². The first-order chi connectivity index (χ1) is 14.0. The Morgan fingerprint density at radius 2 is 2.07 bits per heavy atom. The number of rotatable bonds is 2. The lowest BCUT2D eigenvalue weighted by Crippen LogP contribution is -2.48. The lowest BCUT2D eigenvalue weighted by atomic mass is 9.82. The molecule has 154 valence electrons. The van der Waals surface area contributed by atoms with E-state index in [1.807, 2.05) is 4.90 Å². The van der Waals surface area contributed by atoms with E-state index in [2.05, 4.69) is 22.1 Å². The standard InChI is InChI=1S/C20H24N4O4S/c1-23-6-2-14-12(11-23)17(22-21-14)18(25)24-7-4-20(5-8-24)13-10-16(19(26)27)29-15(13)3-9-28-20/h10H,2-9,11H2,1H3,(H,21,22)(H,26,27). The molecule has 3 aliphatic heterocycles. The number of likely N-dealkylation sites (tertiary alicyclic amines) is 1. The molecule has 3 aliphatic rings. The van der Waals surface area contributed by atoms with Gasteiger partial charge in [-0.1, -0.05) is 0 Å². The fourth-order valence-electron chi connectivity index (χ4n) is 4.76. The van der Waals surface area contributed by atoms with Crippen molar-refractivity contribution >= 4 is 23.2 Å². The van der Waals surface area contributed by atoms with Crippen LogP contribution >= 0.6 is 11.3 Å². The third-order valence-corrected chi connectivity index (χ3v) is 7.59. The maximum Gasteiger partial charge on any atom is 0.345 e. The summed E-state index contributed by atoms with van der Waals surface area (Å²) < 4.78 is 6.20. The summed E-state index contributed by atoms with van der Waals surface area (Å²) in [6.45, 7) is 3.46. The second-order valence-electron chi connectivity index (χ2n) is 8.15. The zero-order valence-electron chi connectivity index (χ0n) is 16.4. The number of aromatic nitrogens is 2. The van der Waals surface area contributed by atoms with Gasteiger partial charge in [-0.25, -0.2) is 4.79 Å². The molecule has 0 aromatic carbocycles. The lowest BCUT2D eigenvalue weighted by molar-refractivity contribution is -0.0927. The van der Waals surface area contributed by atoms with Crippen LogP contribution in [0.4, 0.5) is 0 Å². The average Bonchev–Trinajstić information content (AvgIpc) is 3.33. The first-order valence-corrected chi connectivity index (χ1v) is 10.8. The van der Waals surface area contributed by atoms with Crippen molar-refractivity contribution in [1.82, 2.24) is 20.0 Å². The highest BCUT2D eigenvalue weighted by atomic mass is 32.1. The van der Waals surface area contributed by atoms with Crippen LogP contribution in [0.1, 0.15) is 54.7 Å². The smallest absolute Gasteiger partial charge is 0.345 e. The molecular formula is C20H24N4O4S. The Balaban J connectivity index is 1.35. The van der Waals surface area contributed by atoms with Crippen molar-refractivity contribution in [3.63, 3.8) is 0 Å². The molecule has 2 aromatic rings. The van der Waals surface area contributed by atoms with Gasteiger partial charge in [-0.2, -0.15) is 5.10 Å². The normalized spacial score (nSPS) is 21.1. The van der Waals surface area contributed by atoms with Crippen LogP contribution in [-0.2, 0) is 29.7 Å². The summed E-state index contributed by atoms with van der Waals surface area (Å²) in [5.41, 5.74) is 3.16. The molecule has 2 N–H and O–H groups in total. The van der Waals surface area contributed by atoms with Crippen molar-refractivity contribution in [3.05, 3.63) is 38.3 Å². The van der Waals surface area contributed by atoms with Gasteiger partial charge in [0.2, 0.25) is 0 Å². The number of hydrogen-bond donors (Lipinski definition) is 2. The number of thiophene rings is 1. The largest absolute Gasteiger partial charge is 0.477 e. The van der Waals surface area contributed by atoms with Crippen LogP contribution in [-0.4, -0.2) is 70.3 Å². The summed E-state index contributed by atoms with van der Waals surface area (Å²) in [5.74, 6) is -0.916. The third kappa shape index (κ3) is 3.08. The van der Waals surface area contributed by atoms with Crippen LogP contribution < -0.4 is 0 Å². The quantitative estimate of drug-likeness (QED) is 0.775. The SMILES string of the molecule is CN1CCc2[nH]nc(C(=O)N3CCC4(CC3)OCCc3sc(C(=O)O)cc34)c2C1. The number of carboxylic acid groups (broad SMARTS) is 1. The number of fused-ring (bicyclic) bond motifs is 3. The summed E-state index contributed by atoms with van der Waals surface area (Å²) in [6.07, 6.45) is 2.99. The molecule has 0 bridgehead atoms. The van der Waals surface area contributed by atoms with Crippen molar-refractivity contribution in [1.29, 1.82) is 0 Å². The minimum Gasteiger partial charge on any atom is -0.477 e. The first kappa shape index (κ1) is 18.8. The number of hydrogen-bond acceptors (Lipinski definition) is 6. The molecule has 29 heavy (non-hydrogen) atoms. The fraction of sp³-hybridized carbons (Fsp3) is 0.550. The summed E-state index contributed by atoms with van der Waals surface area (Å²) in [6, 6.07) is 1.78. The number of H-pyrrole nitrogens is 1. The molecule has 0 aliphatic carbocycles. The van der Waals surface area contributed by atoms with Gasteiger partial charge in [-0.15, -0.1) is 11.3 Å². The minimum absolute atomic E-state index is 0.0276. The van der Waals surface area contributed by atoms with E-state index in [-0.39, 0.29) is 5.91 Å². The summed E-state index contributed by atoms with van der Waals surface area (Å²) in [7, 11) is 2.05. The van der Waals surface area contributed by atoms with Gasteiger partial charge in [0.1, 0.15) is 4.88 Å². The molecule has 9 heteroatoms. The molecule has 2 aromatic heterocycles. The number of amides is 1. The molecule has 1 fully saturated rings. The number of nitrogens with one attached hydrogen (secondary N) is 1.